The van der Waals surface area contributed by atoms with Gasteiger partial charge in [-0.3, -0.25) is 19.2 Å². The van der Waals surface area contributed by atoms with Gasteiger partial charge in [-0.15, -0.1) is 0 Å². The van der Waals surface area contributed by atoms with Gasteiger partial charge >= 0.3 is 11.9 Å². The Kier molecular flexibility index (Phi) is 16.4. The molecule has 1 heterocycles. The third-order valence-corrected chi connectivity index (χ3v) is 7.06. The Hall–Kier alpha value is -4.16. The quantitative estimate of drug-likeness (QED) is 0.199. The number of hydrogen-bond donors (Lipinski definition) is 2. The fourth-order valence-corrected chi connectivity index (χ4v) is 4.64. The molecule has 0 fully saturated rings. The number of rotatable bonds is 14. The van der Waals surface area contributed by atoms with E-state index in [-0.39, 0.29) is 77.3 Å². The molecule has 46 heavy (non-hydrogen) atoms. The molecule has 3 rings (SSSR count). The minimum absolute atomic E-state index is 0.0531. The molecule has 2 aromatic rings. The lowest BCUT2D eigenvalue weighted by Gasteiger charge is -2.16. The van der Waals surface area contributed by atoms with Crippen LogP contribution in [0.4, 0.5) is 0 Å². The zero-order chi connectivity index (χ0) is 33.0. The molecule has 12 nitrogen and oxygen atoms in total. The van der Waals surface area contributed by atoms with Crippen LogP contribution in [0.15, 0.2) is 36.4 Å². The van der Waals surface area contributed by atoms with Crippen molar-refractivity contribution in [3.63, 3.8) is 0 Å². The first-order chi connectivity index (χ1) is 22.3. The second kappa shape index (κ2) is 20.8. The van der Waals surface area contributed by atoms with Crippen LogP contribution in [0.25, 0.3) is 0 Å². The minimum atomic E-state index is -0.837. The number of aliphatic carboxylic acids is 2. The van der Waals surface area contributed by atoms with Gasteiger partial charge in [0, 0.05) is 36.8 Å². The fraction of sp³-hybridized carbons (Fsp3) is 0.529. The van der Waals surface area contributed by atoms with E-state index in [1.165, 1.54) is 0 Å². The second-order valence-corrected chi connectivity index (χ2v) is 10.7. The van der Waals surface area contributed by atoms with Gasteiger partial charge in [0.05, 0.1) is 26.4 Å². The lowest BCUT2D eigenvalue weighted by atomic mass is 10.0. The van der Waals surface area contributed by atoms with Gasteiger partial charge in [0.1, 0.15) is 26.4 Å². The molecule has 2 N–H and O–H groups in total. The summed E-state index contributed by atoms with van der Waals surface area (Å²) in [5, 5.41) is 17.5. The summed E-state index contributed by atoms with van der Waals surface area (Å²) in [5.41, 5.74) is 0.981. The molecular weight excluding hydrogens is 600 g/mol. The van der Waals surface area contributed by atoms with Gasteiger partial charge in [-0.05, 0) is 62.1 Å². The number of carbonyl (C=O) groups is 4. The molecule has 1 aliphatic heterocycles. The van der Waals surface area contributed by atoms with E-state index in [0.717, 1.165) is 0 Å². The van der Waals surface area contributed by atoms with Crippen molar-refractivity contribution in [2.24, 2.45) is 0 Å². The molecule has 0 radical (unpaired) electrons. The molecule has 0 spiro atoms. The highest BCUT2D eigenvalue weighted by atomic mass is 16.6. The van der Waals surface area contributed by atoms with Crippen LogP contribution in [0.5, 0.6) is 23.0 Å². The second-order valence-electron chi connectivity index (χ2n) is 10.7. The van der Waals surface area contributed by atoms with E-state index in [1.54, 1.807) is 36.4 Å². The number of carbonyl (C=O) groups excluding carboxylic acids is 2. The molecule has 0 unspecified atom stereocenters. The van der Waals surface area contributed by atoms with Crippen LogP contribution >= 0.6 is 0 Å². The first-order valence-electron chi connectivity index (χ1n) is 15.8. The Morgan fingerprint density at radius 3 is 1.17 bits per heavy atom. The zero-order valence-corrected chi connectivity index (χ0v) is 26.2. The maximum atomic E-state index is 12.7. The number of carboxylic acid groups (broad SMARTS) is 2. The number of fused-ring (bicyclic) bond motifs is 2. The average Bonchev–Trinajstić information content (AvgIpc) is 3.03. The predicted molar refractivity (Wildman–Crippen MR) is 167 cm³/mol. The number of hydrogen-bond acceptors (Lipinski definition) is 10. The van der Waals surface area contributed by atoms with Crippen LogP contribution in [-0.4, -0.2) is 86.6 Å². The number of Topliss-reactive ketones (excluding diaryl/α,β-unsaturated/α-hetero) is 2. The van der Waals surface area contributed by atoms with E-state index in [4.69, 9.17) is 38.6 Å². The van der Waals surface area contributed by atoms with Crippen molar-refractivity contribution in [3.8, 4) is 23.0 Å². The van der Waals surface area contributed by atoms with E-state index in [0.29, 0.717) is 85.5 Å². The van der Waals surface area contributed by atoms with Crippen molar-refractivity contribution in [1.29, 1.82) is 0 Å². The molecule has 0 atom stereocenters. The normalized spacial score (nSPS) is 14.4. The van der Waals surface area contributed by atoms with Crippen molar-refractivity contribution in [3.05, 3.63) is 47.5 Å². The van der Waals surface area contributed by atoms with Gasteiger partial charge in [-0.25, -0.2) is 0 Å². The van der Waals surface area contributed by atoms with Crippen LogP contribution in [0.3, 0.4) is 0 Å². The average molecular weight is 645 g/mol. The zero-order valence-electron chi connectivity index (χ0n) is 26.2. The Morgan fingerprint density at radius 2 is 0.804 bits per heavy atom. The van der Waals surface area contributed by atoms with Gasteiger partial charge in [-0.1, -0.05) is 12.8 Å². The summed E-state index contributed by atoms with van der Waals surface area (Å²) < 4.78 is 34.9. The molecule has 0 bridgehead atoms. The molecule has 12 heteroatoms. The van der Waals surface area contributed by atoms with Crippen molar-refractivity contribution in [1.82, 2.24) is 0 Å². The first-order valence-corrected chi connectivity index (χ1v) is 15.8. The number of benzene rings is 2. The first kappa shape index (κ1) is 36.3. The van der Waals surface area contributed by atoms with Gasteiger partial charge in [-0.2, -0.15) is 0 Å². The van der Waals surface area contributed by atoms with Crippen LogP contribution in [0.2, 0.25) is 0 Å². The van der Waals surface area contributed by atoms with Gasteiger partial charge < -0.3 is 38.6 Å². The smallest absolute Gasteiger partial charge is 0.303 e. The number of ketones is 2. The highest BCUT2D eigenvalue weighted by Crippen LogP contribution is 2.31. The molecule has 252 valence electrons. The van der Waals surface area contributed by atoms with Crippen molar-refractivity contribution in [2.75, 3.05) is 52.9 Å². The monoisotopic (exact) mass is 644 g/mol. The molecule has 0 aliphatic carbocycles. The lowest BCUT2D eigenvalue weighted by Crippen LogP contribution is -2.16. The Morgan fingerprint density at radius 1 is 0.457 bits per heavy atom. The molecule has 0 amide bonds. The third kappa shape index (κ3) is 13.9. The Bertz CT molecular complexity index is 1180. The SMILES string of the molecule is O=C(O)CCCCCC(=O)c1ccc2c(c1)OCCOCCOc1ccc(C(=O)CCCCCC(=O)O)cc1OCCOCCO2. The standard InChI is InChI=1S/C34H44O12/c35-27(7-3-1-5-9-33(37)38)25-11-13-29-31(23-25)45-21-17-41-16-20-44-30-14-12-26(28(36)8-4-2-6-10-34(39)40)24-32(30)46-22-18-42-15-19-43-29/h11-14,23-24H,1-10,15-22H2,(H,37,38)(H,39,40). The predicted octanol–water partition coefficient (Wildman–Crippen LogP) is 5.38. The number of ether oxygens (including phenoxy) is 6. The molecular formula is C34H44O12. The van der Waals surface area contributed by atoms with Crippen LogP contribution < -0.4 is 18.9 Å². The maximum Gasteiger partial charge on any atom is 0.303 e. The number of carboxylic acids is 2. The van der Waals surface area contributed by atoms with Crippen LogP contribution in [0.1, 0.15) is 84.9 Å². The van der Waals surface area contributed by atoms with E-state index in [1.807, 2.05) is 0 Å². The van der Waals surface area contributed by atoms with Gasteiger partial charge in [0.25, 0.3) is 0 Å². The van der Waals surface area contributed by atoms with E-state index >= 15 is 0 Å². The Balaban J connectivity index is 1.54. The lowest BCUT2D eigenvalue weighted by molar-refractivity contribution is -0.138. The summed E-state index contributed by atoms with van der Waals surface area (Å²) in [4.78, 5) is 46.8. The summed E-state index contributed by atoms with van der Waals surface area (Å²) >= 11 is 0. The highest BCUT2D eigenvalue weighted by molar-refractivity contribution is 5.97. The largest absolute Gasteiger partial charge is 0.487 e. The molecule has 2 aromatic carbocycles. The van der Waals surface area contributed by atoms with E-state index in [2.05, 4.69) is 0 Å². The summed E-state index contributed by atoms with van der Waals surface area (Å²) in [6.07, 6.45) is 4.46. The van der Waals surface area contributed by atoms with Gasteiger partial charge in [0.15, 0.2) is 34.6 Å². The van der Waals surface area contributed by atoms with E-state index in [9.17, 15) is 19.2 Å². The topological polar surface area (TPSA) is 164 Å². The summed E-state index contributed by atoms with van der Waals surface area (Å²) in [7, 11) is 0. The van der Waals surface area contributed by atoms with Gasteiger partial charge in [0.2, 0.25) is 0 Å². The Labute approximate surface area is 268 Å². The van der Waals surface area contributed by atoms with Crippen molar-refractivity contribution in [2.45, 2.75) is 64.2 Å². The van der Waals surface area contributed by atoms with Crippen molar-refractivity contribution < 1.29 is 57.8 Å². The molecule has 1 aliphatic rings. The molecule has 0 aromatic heterocycles. The minimum Gasteiger partial charge on any atom is -0.487 e. The van der Waals surface area contributed by atoms with Crippen molar-refractivity contribution >= 4 is 23.5 Å². The summed E-state index contributed by atoms with van der Waals surface area (Å²) in [6, 6.07) is 10.1. The number of unbranched alkanes of at least 4 members (excludes halogenated alkanes) is 4. The molecule has 0 saturated carbocycles. The third-order valence-electron chi connectivity index (χ3n) is 7.06. The maximum absolute atomic E-state index is 12.7. The summed E-state index contributed by atoms with van der Waals surface area (Å²) in [5.74, 6) is -0.00924. The highest BCUT2D eigenvalue weighted by Gasteiger charge is 2.15. The van der Waals surface area contributed by atoms with Crippen LogP contribution in [-0.2, 0) is 19.1 Å². The van der Waals surface area contributed by atoms with E-state index < -0.39 is 11.9 Å². The molecule has 0 saturated heterocycles. The fourth-order valence-electron chi connectivity index (χ4n) is 4.64. The van der Waals surface area contributed by atoms with Crippen LogP contribution in [0, 0.1) is 0 Å². The summed E-state index contributed by atoms with van der Waals surface area (Å²) in [6.45, 7) is 1.94.